The van der Waals surface area contributed by atoms with Crippen molar-refractivity contribution in [2.24, 2.45) is 5.92 Å². The minimum absolute atomic E-state index is 0.970. The molecular weight excluding hydrogens is 314 g/mol. The smallest absolute Gasteiger partial charge is 0.00191 e. The van der Waals surface area contributed by atoms with Crippen molar-refractivity contribution in [1.29, 1.82) is 0 Å². The van der Waals surface area contributed by atoms with E-state index in [1.807, 2.05) is 0 Å². The summed E-state index contributed by atoms with van der Waals surface area (Å²) in [5.74, 6) is 0.970. The normalized spacial score (nSPS) is 20.4. The van der Waals surface area contributed by atoms with E-state index in [9.17, 15) is 0 Å². The van der Waals surface area contributed by atoms with Crippen molar-refractivity contribution >= 4 is 0 Å². The third-order valence-corrected chi connectivity index (χ3v) is 6.36. The molecule has 0 N–H and O–H groups in total. The first kappa shape index (κ1) is 24.0. The van der Waals surface area contributed by atoms with E-state index in [1.54, 1.807) is 0 Å². The van der Waals surface area contributed by atoms with E-state index in [-0.39, 0.29) is 0 Å². The molecule has 0 aromatic heterocycles. The zero-order chi connectivity index (χ0) is 18.7. The first-order valence-electron chi connectivity index (χ1n) is 12.3. The van der Waals surface area contributed by atoms with E-state index in [2.05, 4.69) is 25.3 Å². The molecule has 0 heterocycles. The number of unbranched alkanes of at least 4 members (excludes halogenated alkanes) is 3. The van der Waals surface area contributed by atoms with Gasteiger partial charge in [-0.1, -0.05) is 110 Å². The summed E-state index contributed by atoms with van der Waals surface area (Å²) < 4.78 is 0. The highest BCUT2D eigenvalue weighted by Crippen LogP contribution is 2.23. The Morgan fingerprint density at radius 1 is 0.692 bits per heavy atom. The molecular formula is C25H50N. The SMILES string of the molecule is CCCCCCN(C)CCC1CC[CH]CCCCCCCCCCCC1. The molecule has 1 radical (unpaired) electrons. The molecule has 0 amide bonds. The topological polar surface area (TPSA) is 3.24 Å². The molecule has 155 valence electrons. The van der Waals surface area contributed by atoms with Crippen molar-refractivity contribution in [3.8, 4) is 0 Å². The van der Waals surface area contributed by atoms with Gasteiger partial charge in [0.2, 0.25) is 0 Å². The van der Waals surface area contributed by atoms with Gasteiger partial charge < -0.3 is 4.90 Å². The average molecular weight is 365 g/mol. The number of hydrogen-bond acceptors (Lipinski definition) is 1. The van der Waals surface area contributed by atoms with Crippen LogP contribution in [0.5, 0.6) is 0 Å². The van der Waals surface area contributed by atoms with Gasteiger partial charge in [-0.3, -0.25) is 0 Å². The molecule has 1 fully saturated rings. The second-order valence-corrected chi connectivity index (χ2v) is 9.00. The fraction of sp³-hybridized carbons (Fsp3) is 0.960. The summed E-state index contributed by atoms with van der Waals surface area (Å²) in [5.41, 5.74) is 0. The number of nitrogens with zero attached hydrogens (tertiary/aromatic N) is 1. The number of hydrogen-bond donors (Lipinski definition) is 0. The van der Waals surface area contributed by atoms with E-state index < -0.39 is 0 Å². The lowest BCUT2D eigenvalue weighted by Crippen LogP contribution is -2.23. The summed E-state index contributed by atoms with van der Waals surface area (Å²) in [7, 11) is 2.34. The van der Waals surface area contributed by atoms with E-state index in [0.29, 0.717) is 0 Å². The van der Waals surface area contributed by atoms with Gasteiger partial charge in [0.25, 0.3) is 0 Å². The fourth-order valence-corrected chi connectivity index (χ4v) is 4.39. The van der Waals surface area contributed by atoms with Crippen molar-refractivity contribution in [2.45, 2.75) is 129 Å². The van der Waals surface area contributed by atoms with Crippen LogP contribution in [0.25, 0.3) is 0 Å². The van der Waals surface area contributed by atoms with E-state index >= 15 is 0 Å². The Balaban J connectivity index is 2.22. The maximum Gasteiger partial charge on any atom is -0.00191 e. The van der Waals surface area contributed by atoms with Crippen LogP contribution in [0.3, 0.4) is 0 Å². The predicted octanol–water partition coefficient (Wildman–Crippen LogP) is 8.18. The van der Waals surface area contributed by atoms with Crippen LogP contribution in [0.4, 0.5) is 0 Å². The van der Waals surface area contributed by atoms with Gasteiger partial charge in [0, 0.05) is 0 Å². The second-order valence-electron chi connectivity index (χ2n) is 9.00. The quantitative estimate of drug-likeness (QED) is 0.392. The van der Waals surface area contributed by atoms with Crippen LogP contribution in [0.15, 0.2) is 0 Å². The summed E-state index contributed by atoms with van der Waals surface area (Å²) in [6, 6.07) is 0. The van der Waals surface area contributed by atoms with Crippen LogP contribution in [0.1, 0.15) is 129 Å². The molecule has 0 aromatic carbocycles. The van der Waals surface area contributed by atoms with Crippen LogP contribution < -0.4 is 0 Å². The molecule has 1 saturated carbocycles. The van der Waals surface area contributed by atoms with Gasteiger partial charge in [-0.05, 0) is 51.7 Å². The van der Waals surface area contributed by atoms with Gasteiger partial charge in [0.1, 0.15) is 0 Å². The Bertz CT molecular complexity index is 259. The predicted molar refractivity (Wildman–Crippen MR) is 119 cm³/mol. The van der Waals surface area contributed by atoms with Gasteiger partial charge in [-0.2, -0.15) is 0 Å². The standard InChI is InChI=1S/C25H50N/c1-3-4-5-19-23-26(2)24-22-25-20-17-15-13-11-9-7-6-8-10-12-14-16-18-21-25/h15,25H,3-14,16-24H2,1-2H3. The highest BCUT2D eigenvalue weighted by molar-refractivity contribution is 4.70. The highest BCUT2D eigenvalue weighted by Gasteiger charge is 2.10. The van der Waals surface area contributed by atoms with E-state index in [1.165, 1.54) is 135 Å². The molecule has 1 aliphatic rings. The van der Waals surface area contributed by atoms with Crippen LogP contribution in [0, 0.1) is 12.3 Å². The molecule has 1 atom stereocenters. The molecule has 0 aromatic rings. The summed E-state index contributed by atoms with van der Waals surface area (Å²) >= 11 is 0. The fourth-order valence-electron chi connectivity index (χ4n) is 4.39. The molecule has 0 spiro atoms. The Morgan fingerprint density at radius 2 is 1.35 bits per heavy atom. The molecule has 0 aliphatic heterocycles. The molecule has 1 unspecified atom stereocenters. The lowest BCUT2D eigenvalue weighted by atomic mass is 9.91. The Labute approximate surface area is 166 Å². The van der Waals surface area contributed by atoms with E-state index in [0.717, 1.165) is 5.92 Å². The minimum Gasteiger partial charge on any atom is -0.306 e. The lowest BCUT2D eigenvalue weighted by Gasteiger charge is -2.22. The molecule has 0 bridgehead atoms. The minimum atomic E-state index is 0.970. The summed E-state index contributed by atoms with van der Waals surface area (Å²) in [6.45, 7) is 4.92. The van der Waals surface area contributed by atoms with Crippen molar-refractivity contribution < 1.29 is 0 Å². The zero-order valence-electron chi connectivity index (χ0n) is 18.5. The average Bonchev–Trinajstić information content (AvgIpc) is 2.64. The van der Waals surface area contributed by atoms with Crippen LogP contribution in [-0.2, 0) is 0 Å². The van der Waals surface area contributed by atoms with Crippen LogP contribution >= 0.6 is 0 Å². The van der Waals surface area contributed by atoms with Gasteiger partial charge in [0.05, 0.1) is 0 Å². The highest BCUT2D eigenvalue weighted by atomic mass is 15.1. The van der Waals surface area contributed by atoms with Gasteiger partial charge in [0.15, 0.2) is 0 Å². The van der Waals surface area contributed by atoms with Gasteiger partial charge in [-0.25, -0.2) is 0 Å². The Kier molecular flexibility index (Phi) is 16.9. The maximum atomic E-state index is 2.60. The molecule has 1 heteroatoms. The maximum absolute atomic E-state index is 2.60. The van der Waals surface area contributed by atoms with Gasteiger partial charge >= 0.3 is 0 Å². The largest absolute Gasteiger partial charge is 0.306 e. The molecule has 1 aliphatic carbocycles. The summed E-state index contributed by atoms with van der Waals surface area (Å²) in [5, 5.41) is 0. The first-order chi connectivity index (χ1) is 12.8. The third-order valence-electron chi connectivity index (χ3n) is 6.36. The Morgan fingerprint density at radius 3 is 2.04 bits per heavy atom. The molecule has 0 saturated heterocycles. The van der Waals surface area contributed by atoms with Crippen molar-refractivity contribution in [1.82, 2.24) is 4.90 Å². The van der Waals surface area contributed by atoms with Crippen molar-refractivity contribution in [3.63, 3.8) is 0 Å². The monoisotopic (exact) mass is 364 g/mol. The van der Waals surface area contributed by atoms with Crippen LogP contribution in [-0.4, -0.2) is 25.0 Å². The molecule has 1 rings (SSSR count). The Hall–Kier alpha value is -0.0400. The zero-order valence-corrected chi connectivity index (χ0v) is 18.5. The lowest BCUT2D eigenvalue weighted by molar-refractivity contribution is 0.277. The third kappa shape index (κ3) is 15.1. The van der Waals surface area contributed by atoms with Gasteiger partial charge in [-0.15, -0.1) is 0 Å². The molecule has 1 nitrogen and oxygen atoms in total. The molecule has 26 heavy (non-hydrogen) atoms. The van der Waals surface area contributed by atoms with Crippen molar-refractivity contribution in [2.75, 3.05) is 20.1 Å². The number of rotatable bonds is 8. The summed E-state index contributed by atoms with van der Waals surface area (Å²) in [6.07, 6.45) is 30.0. The second kappa shape index (κ2) is 18.3. The van der Waals surface area contributed by atoms with Crippen molar-refractivity contribution in [3.05, 3.63) is 6.42 Å². The van der Waals surface area contributed by atoms with Crippen LogP contribution in [0.2, 0.25) is 0 Å². The summed E-state index contributed by atoms with van der Waals surface area (Å²) in [4.78, 5) is 2.60. The van der Waals surface area contributed by atoms with E-state index in [4.69, 9.17) is 0 Å². The first-order valence-corrected chi connectivity index (χ1v) is 12.3.